The number of phenolic OH excluding ortho intramolecular Hbond substituents is 1. The highest BCUT2D eigenvalue weighted by Crippen LogP contribution is 2.44. The van der Waals surface area contributed by atoms with Crippen LogP contribution in [0.25, 0.3) is 0 Å². The zero-order valence-corrected chi connectivity index (χ0v) is 10.0. The maximum atomic E-state index is 14.1. The molecule has 1 aromatic rings. The highest BCUT2D eigenvalue weighted by atomic mass is 19.1. The standard InChI is InChI=1S/C13H18FNO2/c1-17-12-7-10(14)9(6-11(12)16)13(8-15)4-2-3-5-13/h6-7,16H,2-5,8,15H2,1H3. The lowest BCUT2D eigenvalue weighted by molar-refractivity contribution is 0.362. The van der Waals surface area contributed by atoms with Crippen molar-refractivity contribution < 1.29 is 14.2 Å². The first-order valence-electron chi connectivity index (χ1n) is 5.90. The van der Waals surface area contributed by atoms with Gasteiger partial charge in [0.25, 0.3) is 0 Å². The van der Waals surface area contributed by atoms with Crippen molar-refractivity contribution in [2.75, 3.05) is 13.7 Å². The van der Waals surface area contributed by atoms with E-state index in [1.54, 1.807) is 0 Å². The van der Waals surface area contributed by atoms with Gasteiger partial charge in [0, 0.05) is 18.0 Å². The van der Waals surface area contributed by atoms with Crippen molar-refractivity contribution in [1.29, 1.82) is 0 Å². The summed E-state index contributed by atoms with van der Waals surface area (Å²) in [7, 11) is 1.41. The van der Waals surface area contributed by atoms with Crippen molar-refractivity contribution in [2.45, 2.75) is 31.1 Å². The lowest BCUT2D eigenvalue weighted by Gasteiger charge is -2.28. The van der Waals surface area contributed by atoms with E-state index in [-0.39, 0.29) is 22.7 Å². The van der Waals surface area contributed by atoms with Crippen LogP contribution in [0.5, 0.6) is 11.5 Å². The maximum Gasteiger partial charge on any atom is 0.163 e. The van der Waals surface area contributed by atoms with Gasteiger partial charge in [0.05, 0.1) is 7.11 Å². The van der Waals surface area contributed by atoms with E-state index in [1.165, 1.54) is 19.2 Å². The second kappa shape index (κ2) is 4.53. The van der Waals surface area contributed by atoms with E-state index in [4.69, 9.17) is 10.5 Å². The minimum atomic E-state index is -0.341. The summed E-state index contributed by atoms with van der Waals surface area (Å²) >= 11 is 0. The fourth-order valence-corrected chi connectivity index (χ4v) is 2.75. The summed E-state index contributed by atoms with van der Waals surface area (Å²) in [6, 6.07) is 2.70. The summed E-state index contributed by atoms with van der Waals surface area (Å²) < 4.78 is 18.9. The van der Waals surface area contributed by atoms with Gasteiger partial charge in [0.15, 0.2) is 11.5 Å². The van der Waals surface area contributed by atoms with Crippen LogP contribution in [0.2, 0.25) is 0 Å². The third-order valence-corrected chi connectivity index (χ3v) is 3.79. The van der Waals surface area contributed by atoms with Crippen LogP contribution in [0.3, 0.4) is 0 Å². The average molecular weight is 239 g/mol. The Kier molecular flexibility index (Phi) is 3.24. The van der Waals surface area contributed by atoms with Crippen molar-refractivity contribution in [3.05, 3.63) is 23.5 Å². The van der Waals surface area contributed by atoms with Crippen molar-refractivity contribution in [1.82, 2.24) is 0 Å². The fourth-order valence-electron chi connectivity index (χ4n) is 2.75. The summed E-state index contributed by atoms with van der Waals surface area (Å²) in [5.74, 6) is -0.202. The number of nitrogens with two attached hydrogens (primary N) is 1. The molecule has 0 amide bonds. The van der Waals surface area contributed by atoms with Gasteiger partial charge in [-0.3, -0.25) is 0 Å². The van der Waals surface area contributed by atoms with Gasteiger partial charge in [-0.2, -0.15) is 0 Å². The Morgan fingerprint density at radius 3 is 2.59 bits per heavy atom. The Hall–Kier alpha value is -1.29. The number of aromatic hydroxyl groups is 1. The first kappa shape index (κ1) is 12.2. The number of ether oxygens (including phenoxy) is 1. The Labute approximate surface area is 100 Å². The van der Waals surface area contributed by atoms with E-state index in [0.29, 0.717) is 12.1 Å². The van der Waals surface area contributed by atoms with E-state index < -0.39 is 0 Å². The molecule has 0 atom stereocenters. The van der Waals surface area contributed by atoms with Crippen LogP contribution in [0, 0.1) is 5.82 Å². The number of phenols is 1. The molecule has 1 saturated carbocycles. The van der Waals surface area contributed by atoms with E-state index in [1.807, 2.05) is 0 Å². The molecule has 1 fully saturated rings. The van der Waals surface area contributed by atoms with Crippen LogP contribution < -0.4 is 10.5 Å². The predicted molar refractivity (Wildman–Crippen MR) is 63.8 cm³/mol. The van der Waals surface area contributed by atoms with E-state index in [2.05, 4.69) is 0 Å². The molecule has 0 spiro atoms. The number of halogens is 1. The summed E-state index contributed by atoms with van der Waals surface area (Å²) in [5.41, 5.74) is 6.02. The molecule has 3 N–H and O–H groups in total. The molecule has 2 rings (SSSR count). The van der Waals surface area contributed by atoms with Crippen LogP contribution >= 0.6 is 0 Å². The molecule has 3 nitrogen and oxygen atoms in total. The molecule has 0 aromatic heterocycles. The van der Waals surface area contributed by atoms with Gasteiger partial charge in [-0.15, -0.1) is 0 Å². The van der Waals surface area contributed by atoms with Crippen LogP contribution in [0.4, 0.5) is 4.39 Å². The number of benzene rings is 1. The van der Waals surface area contributed by atoms with E-state index in [9.17, 15) is 9.50 Å². The molecule has 4 heteroatoms. The molecule has 1 aliphatic rings. The second-order valence-electron chi connectivity index (χ2n) is 4.70. The zero-order chi connectivity index (χ0) is 12.5. The zero-order valence-electron chi connectivity index (χ0n) is 10.0. The predicted octanol–water partition coefficient (Wildman–Crippen LogP) is 2.31. The molecule has 1 aromatic carbocycles. The van der Waals surface area contributed by atoms with Gasteiger partial charge >= 0.3 is 0 Å². The van der Waals surface area contributed by atoms with E-state index >= 15 is 0 Å². The van der Waals surface area contributed by atoms with Crippen LogP contribution in [0.1, 0.15) is 31.2 Å². The van der Waals surface area contributed by atoms with Gasteiger partial charge in [0.1, 0.15) is 5.82 Å². The van der Waals surface area contributed by atoms with E-state index in [0.717, 1.165) is 25.7 Å². The van der Waals surface area contributed by atoms with Crippen LogP contribution in [-0.4, -0.2) is 18.8 Å². The molecular formula is C13H18FNO2. The molecule has 94 valence electrons. The van der Waals surface area contributed by atoms with Crippen LogP contribution in [0.15, 0.2) is 12.1 Å². The third-order valence-electron chi connectivity index (χ3n) is 3.79. The maximum absolute atomic E-state index is 14.1. The molecule has 17 heavy (non-hydrogen) atoms. The summed E-state index contributed by atoms with van der Waals surface area (Å²) in [5, 5.41) is 9.75. The molecule has 0 bridgehead atoms. The van der Waals surface area contributed by atoms with Gasteiger partial charge in [-0.25, -0.2) is 4.39 Å². The molecule has 0 aliphatic heterocycles. The Morgan fingerprint density at radius 1 is 1.41 bits per heavy atom. The topological polar surface area (TPSA) is 55.5 Å². The van der Waals surface area contributed by atoms with Gasteiger partial charge in [0.2, 0.25) is 0 Å². The number of methoxy groups -OCH3 is 1. The highest BCUT2D eigenvalue weighted by Gasteiger charge is 2.37. The summed E-state index contributed by atoms with van der Waals surface area (Å²) in [6.07, 6.45) is 3.88. The normalized spacial score (nSPS) is 18.3. The Balaban J connectivity index is 2.47. The van der Waals surface area contributed by atoms with Crippen molar-refractivity contribution in [2.24, 2.45) is 5.73 Å². The Bertz CT molecular complexity index is 414. The number of hydrogen-bond acceptors (Lipinski definition) is 3. The fraction of sp³-hybridized carbons (Fsp3) is 0.538. The largest absolute Gasteiger partial charge is 0.504 e. The van der Waals surface area contributed by atoms with Gasteiger partial charge in [-0.1, -0.05) is 12.8 Å². The molecule has 0 heterocycles. The smallest absolute Gasteiger partial charge is 0.163 e. The second-order valence-corrected chi connectivity index (χ2v) is 4.70. The molecule has 0 unspecified atom stereocenters. The SMILES string of the molecule is COc1cc(F)c(C2(CN)CCCC2)cc1O. The van der Waals surface area contributed by atoms with Crippen molar-refractivity contribution in [3.8, 4) is 11.5 Å². The number of rotatable bonds is 3. The quantitative estimate of drug-likeness (QED) is 0.851. The van der Waals surface area contributed by atoms with Gasteiger partial charge in [-0.05, 0) is 24.5 Å². The summed E-state index contributed by atoms with van der Waals surface area (Å²) in [6.45, 7) is 0.412. The lowest BCUT2D eigenvalue weighted by atomic mass is 9.78. The highest BCUT2D eigenvalue weighted by molar-refractivity contribution is 5.45. The third kappa shape index (κ3) is 1.97. The lowest BCUT2D eigenvalue weighted by Crippen LogP contribution is -2.33. The molecular weight excluding hydrogens is 221 g/mol. The average Bonchev–Trinajstić information content (AvgIpc) is 2.81. The molecule has 0 radical (unpaired) electrons. The Morgan fingerprint density at radius 2 is 2.06 bits per heavy atom. The molecule has 1 aliphatic carbocycles. The number of hydrogen-bond donors (Lipinski definition) is 2. The summed E-state index contributed by atoms with van der Waals surface area (Å²) in [4.78, 5) is 0. The monoisotopic (exact) mass is 239 g/mol. The minimum absolute atomic E-state index is 0.0244. The van der Waals surface area contributed by atoms with Crippen molar-refractivity contribution in [3.63, 3.8) is 0 Å². The molecule has 0 saturated heterocycles. The van der Waals surface area contributed by atoms with Gasteiger partial charge < -0.3 is 15.6 Å². The first-order valence-corrected chi connectivity index (χ1v) is 5.90. The van der Waals surface area contributed by atoms with Crippen LogP contribution in [-0.2, 0) is 5.41 Å². The minimum Gasteiger partial charge on any atom is -0.504 e. The first-order chi connectivity index (χ1) is 8.13. The van der Waals surface area contributed by atoms with Crippen molar-refractivity contribution >= 4 is 0 Å².